The minimum absolute atomic E-state index is 0.00265. The van der Waals surface area contributed by atoms with E-state index in [4.69, 9.17) is 5.11 Å². The Morgan fingerprint density at radius 2 is 2.00 bits per heavy atom. The molecule has 0 saturated heterocycles. The van der Waals surface area contributed by atoms with Crippen LogP contribution in [0.25, 0.3) is 0 Å². The van der Waals surface area contributed by atoms with Gasteiger partial charge in [-0.3, -0.25) is 4.79 Å². The molecule has 0 aromatic heterocycles. The standard InChI is InChI=1S/C9H14O4/c1-7(4-3-5-10)9(12)13-6-8(2)11/h4,10H,3,5-6H2,1-2H3. The topological polar surface area (TPSA) is 63.6 Å². The molecule has 0 amide bonds. The number of aliphatic hydroxyl groups excluding tert-OH is 1. The molecule has 0 bridgehead atoms. The first kappa shape index (κ1) is 11.8. The van der Waals surface area contributed by atoms with Crippen molar-refractivity contribution in [3.63, 3.8) is 0 Å². The number of rotatable bonds is 5. The molecule has 1 N–H and O–H groups in total. The number of carbonyl (C=O) groups excluding carboxylic acids is 2. The molecule has 0 saturated carbocycles. The number of Topliss-reactive ketones (excluding diaryl/α,β-unsaturated/α-hetero) is 1. The second-order valence-corrected chi connectivity index (χ2v) is 2.68. The molecule has 4 nitrogen and oxygen atoms in total. The van der Waals surface area contributed by atoms with Crippen LogP contribution in [0.5, 0.6) is 0 Å². The van der Waals surface area contributed by atoms with E-state index in [1.165, 1.54) is 6.92 Å². The van der Waals surface area contributed by atoms with Gasteiger partial charge in [0.15, 0.2) is 5.78 Å². The molecule has 0 heterocycles. The van der Waals surface area contributed by atoms with E-state index >= 15 is 0 Å². The zero-order chi connectivity index (χ0) is 10.3. The largest absolute Gasteiger partial charge is 0.454 e. The number of esters is 1. The Kier molecular flexibility index (Phi) is 5.80. The molecule has 0 radical (unpaired) electrons. The van der Waals surface area contributed by atoms with E-state index in [-0.39, 0.29) is 19.0 Å². The summed E-state index contributed by atoms with van der Waals surface area (Å²) in [5.74, 6) is -0.702. The molecule has 0 aliphatic carbocycles. The molecule has 0 atom stereocenters. The second-order valence-electron chi connectivity index (χ2n) is 2.68. The summed E-state index contributed by atoms with van der Waals surface area (Å²) >= 11 is 0. The van der Waals surface area contributed by atoms with E-state index < -0.39 is 5.97 Å². The molecule has 0 aliphatic rings. The fourth-order valence-electron chi connectivity index (χ4n) is 0.645. The van der Waals surface area contributed by atoms with E-state index in [9.17, 15) is 9.59 Å². The van der Waals surface area contributed by atoms with Gasteiger partial charge in [0.1, 0.15) is 6.61 Å². The molecule has 0 spiro atoms. The maximum atomic E-state index is 11.0. The molecule has 0 aromatic carbocycles. The monoisotopic (exact) mass is 186 g/mol. The van der Waals surface area contributed by atoms with Gasteiger partial charge in [-0.15, -0.1) is 0 Å². The van der Waals surface area contributed by atoms with Crippen molar-refractivity contribution in [2.45, 2.75) is 20.3 Å². The van der Waals surface area contributed by atoms with Crippen molar-refractivity contribution in [1.82, 2.24) is 0 Å². The first-order chi connectivity index (χ1) is 6.07. The highest BCUT2D eigenvalue weighted by atomic mass is 16.5. The van der Waals surface area contributed by atoms with Crippen LogP contribution < -0.4 is 0 Å². The maximum Gasteiger partial charge on any atom is 0.333 e. The molecule has 0 unspecified atom stereocenters. The number of hydrogen-bond acceptors (Lipinski definition) is 4. The molecule has 13 heavy (non-hydrogen) atoms. The highest BCUT2D eigenvalue weighted by molar-refractivity contribution is 5.89. The Balaban J connectivity index is 3.89. The summed E-state index contributed by atoms with van der Waals surface area (Å²) < 4.78 is 4.62. The third-order valence-electron chi connectivity index (χ3n) is 1.31. The Morgan fingerprint density at radius 1 is 1.38 bits per heavy atom. The van der Waals surface area contributed by atoms with Crippen LogP contribution in [0.2, 0.25) is 0 Å². The van der Waals surface area contributed by atoms with Gasteiger partial charge in [-0.1, -0.05) is 6.08 Å². The lowest BCUT2D eigenvalue weighted by Crippen LogP contribution is -2.11. The number of aliphatic hydroxyl groups is 1. The van der Waals surface area contributed by atoms with Crippen LogP contribution >= 0.6 is 0 Å². The molecular formula is C9H14O4. The summed E-state index contributed by atoms with van der Waals surface area (Å²) in [6.07, 6.45) is 1.99. The van der Waals surface area contributed by atoms with Gasteiger partial charge in [0.2, 0.25) is 0 Å². The van der Waals surface area contributed by atoms with E-state index in [0.717, 1.165) is 0 Å². The SMILES string of the molecule is CC(=O)COC(=O)C(C)=CCCO. The number of ether oxygens (including phenoxy) is 1. The highest BCUT2D eigenvalue weighted by Gasteiger charge is 2.05. The molecule has 4 heteroatoms. The van der Waals surface area contributed by atoms with Crippen molar-refractivity contribution in [1.29, 1.82) is 0 Å². The lowest BCUT2D eigenvalue weighted by molar-refractivity contribution is -0.143. The van der Waals surface area contributed by atoms with Crippen molar-refractivity contribution in [2.24, 2.45) is 0 Å². The first-order valence-electron chi connectivity index (χ1n) is 4.02. The molecular weight excluding hydrogens is 172 g/mol. The summed E-state index contributed by atoms with van der Waals surface area (Å²) in [7, 11) is 0. The van der Waals surface area contributed by atoms with Gasteiger partial charge in [-0.25, -0.2) is 4.79 Å². The lowest BCUT2D eigenvalue weighted by atomic mass is 10.2. The minimum atomic E-state index is -0.511. The summed E-state index contributed by atoms with van der Waals surface area (Å²) in [4.78, 5) is 21.5. The second kappa shape index (κ2) is 6.37. The molecule has 0 aromatic rings. The van der Waals surface area contributed by atoms with Gasteiger partial charge >= 0.3 is 5.97 Å². The Labute approximate surface area is 77.2 Å². The average Bonchev–Trinajstić information content (AvgIpc) is 2.10. The summed E-state index contributed by atoms with van der Waals surface area (Å²) in [6, 6.07) is 0. The zero-order valence-electron chi connectivity index (χ0n) is 7.87. The van der Waals surface area contributed by atoms with Crippen molar-refractivity contribution in [3.05, 3.63) is 11.6 Å². The van der Waals surface area contributed by atoms with E-state index in [0.29, 0.717) is 12.0 Å². The number of carbonyl (C=O) groups is 2. The van der Waals surface area contributed by atoms with Gasteiger partial charge in [0.25, 0.3) is 0 Å². The molecule has 0 aliphatic heterocycles. The average molecular weight is 186 g/mol. The number of ketones is 1. The fourth-order valence-corrected chi connectivity index (χ4v) is 0.645. The minimum Gasteiger partial charge on any atom is -0.454 e. The van der Waals surface area contributed by atoms with Gasteiger partial charge < -0.3 is 9.84 Å². The Morgan fingerprint density at radius 3 is 2.46 bits per heavy atom. The van der Waals surface area contributed by atoms with Gasteiger partial charge in [-0.2, -0.15) is 0 Å². The van der Waals surface area contributed by atoms with Gasteiger partial charge in [-0.05, 0) is 20.3 Å². The Hall–Kier alpha value is -1.16. The molecule has 0 fully saturated rings. The molecule has 0 rings (SSSR count). The first-order valence-corrected chi connectivity index (χ1v) is 4.02. The van der Waals surface area contributed by atoms with Gasteiger partial charge in [0.05, 0.1) is 0 Å². The quantitative estimate of drug-likeness (QED) is 0.500. The summed E-state index contributed by atoms with van der Waals surface area (Å²) in [5.41, 5.74) is 0.412. The predicted molar refractivity (Wildman–Crippen MR) is 47.1 cm³/mol. The van der Waals surface area contributed by atoms with Crippen molar-refractivity contribution in [3.8, 4) is 0 Å². The van der Waals surface area contributed by atoms with Crippen LogP contribution in [0, 0.1) is 0 Å². The predicted octanol–water partition coefficient (Wildman–Crippen LogP) is 0.447. The maximum absolute atomic E-state index is 11.0. The fraction of sp³-hybridized carbons (Fsp3) is 0.556. The van der Waals surface area contributed by atoms with Crippen LogP contribution in [-0.2, 0) is 14.3 Å². The molecule has 74 valence electrons. The van der Waals surface area contributed by atoms with E-state index in [2.05, 4.69) is 4.74 Å². The van der Waals surface area contributed by atoms with Crippen LogP contribution in [0.15, 0.2) is 11.6 Å². The van der Waals surface area contributed by atoms with Crippen LogP contribution in [0.4, 0.5) is 0 Å². The van der Waals surface area contributed by atoms with E-state index in [1.807, 2.05) is 0 Å². The van der Waals surface area contributed by atoms with Crippen molar-refractivity contribution >= 4 is 11.8 Å². The van der Waals surface area contributed by atoms with Crippen LogP contribution in [0.1, 0.15) is 20.3 Å². The van der Waals surface area contributed by atoms with E-state index in [1.54, 1.807) is 13.0 Å². The zero-order valence-corrected chi connectivity index (χ0v) is 7.87. The lowest BCUT2D eigenvalue weighted by Gasteiger charge is -2.01. The van der Waals surface area contributed by atoms with Crippen molar-refractivity contribution < 1.29 is 19.4 Å². The highest BCUT2D eigenvalue weighted by Crippen LogP contribution is 1.98. The summed E-state index contributed by atoms with van der Waals surface area (Å²) in [5, 5.41) is 8.46. The van der Waals surface area contributed by atoms with Crippen LogP contribution in [-0.4, -0.2) is 30.1 Å². The van der Waals surface area contributed by atoms with Crippen LogP contribution in [0.3, 0.4) is 0 Å². The third kappa shape index (κ3) is 6.04. The van der Waals surface area contributed by atoms with Gasteiger partial charge in [0, 0.05) is 12.2 Å². The third-order valence-corrected chi connectivity index (χ3v) is 1.31. The number of hydrogen-bond donors (Lipinski definition) is 1. The Bertz CT molecular complexity index is 218. The normalized spacial score (nSPS) is 11.2. The van der Waals surface area contributed by atoms with Crippen molar-refractivity contribution in [2.75, 3.05) is 13.2 Å². The smallest absolute Gasteiger partial charge is 0.333 e. The summed E-state index contributed by atoms with van der Waals surface area (Å²) in [6.45, 7) is 2.73.